The number of nitrogens with zero attached hydrogens (tertiary/aromatic N) is 2. The maximum atomic E-state index is 11.8. The molecule has 0 saturated heterocycles. The Morgan fingerprint density at radius 3 is 2.54 bits per heavy atom. The van der Waals surface area contributed by atoms with E-state index in [0.29, 0.717) is 0 Å². The third-order valence-electron chi connectivity index (χ3n) is 3.13. The smallest absolute Gasteiger partial charge is 0.352 e. The van der Waals surface area contributed by atoms with Gasteiger partial charge in [-0.2, -0.15) is 0 Å². The molecule has 1 aromatic heterocycles. The van der Waals surface area contributed by atoms with Crippen LogP contribution in [0.2, 0.25) is 0 Å². The molecule has 0 atom stereocenters. The monoisotopic (exact) mass is 359 g/mol. The Morgan fingerprint density at radius 1 is 1.23 bits per heavy atom. The number of aromatic nitrogens is 1. The maximum absolute atomic E-state index is 11.8. The van der Waals surface area contributed by atoms with E-state index in [4.69, 9.17) is 9.47 Å². The summed E-state index contributed by atoms with van der Waals surface area (Å²) in [5, 5.41) is 14.1. The van der Waals surface area contributed by atoms with Gasteiger partial charge in [0, 0.05) is 12.3 Å². The molecule has 1 N–H and O–H groups in total. The Balaban J connectivity index is 2.12. The number of carbonyl (C=O) groups excluding carboxylic acids is 1. The van der Waals surface area contributed by atoms with Crippen LogP contribution in [0.15, 0.2) is 42.6 Å². The molecule has 138 valence electrons. The second kappa shape index (κ2) is 8.28. The highest BCUT2D eigenvalue weighted by Gasteiger charge is 2.24. The number of hydrogen-bond acceptors (Lipinski definition) is 7. The molecule has 0 aliphatic rings. The van der Waals surface area contributed by atoms with Crippen LogP contribution in [0.1, 0.15) is 26.3 Å². The zero-order valence-electron chi connectivity index (χ0n) is 14.9. The van der Waals surface area contributed by atoms with Crippen LogP contribution in [-0.4, -0.2) is 28.0 Å². The van der Waals surface area contributed by atoms with E-state index < -0.39 is 16.5 Å². The molecule has 2 aromatic rings. The Labute approximate surface area is 151 Å². The number of nitrogens with one attached hydrogen (secondary N) is 1. The highest BCUT2D eigenvalue weighted by molar-refractivity contribution is 5.77. The third kappa shape index (κ3) is 5.73. The predicted molar refractivity (Wildman–Crippen MR) is 96.0 cm³/mol. The summed E-state index contributed by atoms with van der Waals surface area (Å²) in [6, 6.07) is 10.7. The first-order chi connectivity index (χ1) is 12.3. The van der Waals surface area contributed by atoms with E-state index in [9.17, 15) is 14.9 Å². The SMILES string of the molecule is CC(C)(C)OC(=O)CNc1nccc(OCc2ccccc2)c1[N+](=O)[O-]. The second-order valence-corrected chi connectivity index (χ2v) is 6.48. The first-order valence-corrected chi connectivity index (χ1v) is 8.02. The molecule has 0 unspecified atom stereocenters. The van der Waals surface area contributed by atoms with Crippen molar-refractivity contribution < 1.29 is 19.2 Å². The highest BCUT2D eigenvalue weighted by atomic mass is 16.6. The molecule has 1 aromatic carbocycles. The van der Waals surface area contributed by atoms with Gasteiger partial charge in [0.1, 0.15) is 18.8 Å². The number of esters is 1. The average Bonchev–Trinajstić information content (AvgIpc) is 2.57. The van der Waals surface area contributed by atoms with Crippen LogP contribution in [0.25, 0.3) is 0 Å². The van der Waals surface area contributed by atoms with Crippen molar-refractivity contribution in [3.63, 3.8) is 0 Å². The van der Waals surface area contributed by atoms with Crippen molar-refractivity contribution in [1.29, 1.82) is 0 Å². The fourth-order valence-electron chi connectivity index (χ4n) is 2.13. The number of benzene rings is 1. The molecule has 0 bridgehead atoms. The lowest BCUT2D eigenvalue weighted by atomic mass is 10.2. The van der Waals surface area contributed by atoms with Crippen molar-refractivity contribution in [2.75, 3.05) is 11.9 Å². The minimum atomic E-state index is -0.640. The average molecular weight is 359 g/mol. The van der Waals surface area contributed by atoms with Gasteiger partial charge in [0.25, 0.3) is 0 Å². The normalized spacial score (nSPS) is 10.9. The predicted octanol–water partition coefficient (Wildman–Crippen LogP) is 3.32. The summed E-state index contributed by atoms with van der Waals surface area (Å²) in [5.41, 5.74) is -0.0902. The van der Waals surface area contributed by atoms with E-state index in [-0.39, 0.29) is 30.4 Å². The van der Waals surface area contributed by atoms with Gasteiger partial charge in [0.05, 0.1) is 4.92 Å². The van der Waals surface area contributed by atoms with Crippen LogP contribution >= 0.6 is 0 Å². The molecule has 1 heterocycles. The van der Waals surface area contributed by atoms with Crippen molar-refractivity contribution in [1.82, 2.24) is 4.98 Å². The van der Waals surface area contributed by atoms with Gasteiger partial charge in [-0.25, -0.2) is 4.98 Å². The topological polar surface area (TPSA) is 104 Å². The summed E-state index contributed by atoms with van der Waals surface area (Å²) in [7, 11) is 0. The zero-order chi connectivity index (χ0) is 19.2. The molecule has 8 nitrogen and oxygen atoms in total. The first kappa shape index (κ1) is 19.2. The summed E-state index contributed by atoms with van der Waals surface area (Å²) in [4.78, 5) is 26.6. The molecule has 0 radical (unpaired) electrons. The third-order valence-corrected chi connectivity index (χ3v) is 3.13. The number of pyridine rings is 1. The standard InChI is InChI=1S/C18H21N3O5/c1-18(2,3)26-15(22)11-20-17-16(21(23)24)14(9-10-19-17)25-12-13-7-5-4-6-8-13/h4-10H,11-12H2,1-3H3,(H,19,20). The molecule has 0 aliphatic heterocycles. The molecule has 0 saturated carbocycles. The summed E-state index contributed by atoms with van der Waals surface area (Å²) < 4.78 is 10.7. The summed E-state index contributed by atoms with van der Waals surface area (Å²) in [6.45, 7) is 5.15. The number of hydrogen-bond donors (Lipinski definition) is 1. The molecular formula is C18H21N3O5. The minimum absolute atomic E-state index is 0.0496. The van der Waals surface area contributed by atoms with Crippen LogP contribution in [-0.2, 0) is 16.1 Å². The Bertz CT molecular complexity index is 772. The van der Waals surface area contributed by atoms with Crippen molar-refractivity contribution >= 4 is 17.5 Å². The molecule has 26 heavy (non-hydrogen) atoms. The molecule has 0 amide bonds. The van der Waals surface area contributed by atoms with Crippen LogP contribution in [0.4, 0.5) is 11.5 Å². The number of carbonyl (C=O) groups is 1. The van der Waals surface area contributed by atoms with E-state index in [2.05, 4.69) is 10.3 Å². The van der Waals surface area contributed by atoms with Gasteiger partial charge in [0.2, 0.25) is 11.6 Å². The van der Waals surface area contributed by atoms with Gasteiger partial charge in [0.15, 0.2) is 0 Å². The molecule has 8 heteroatoms. The van der Waals surface area contributed by atoms with E-state index in [0.717, 1.165) is 5.56 Å². The molecule has 0 fully saturated rings. The van der Waals surface area contributed by atoms with E-state index >= 15 is 0 Å². The first-order valence-electron chi connectivity index (χ1n) is 8.02. The number of nitro groups is 1. The number of ether oxygens (including phenoxy) is 2. The molecule has 0 spiro atoms. The van der Waals surface area contributed by atoms with Crippen molar-refractivity contribution in [2.45, 2.75) is 33.0 Å². The molecule has 2 rings (SSSR count). The summed E-state index contributed by atoms with van der Waals surface area (Å²) in [5.74, 6) is -0.517. The van der Waals surface area contributed by atoms with Crippen LogP contribution in [0.3, 0.4) is 0 Å². The van der Waals surface area contributed by atoms with Gasteiger partial charge >= 0.3 is 11.7 Å². The lowest BCUT2D eigenvalue weighted by molar-refractivity contribution is -0.385. The summed E-state index contributed by atoms with van der Waals surface area (Å²) in [6.07, 6.45) is 1.38. The van der Waals surface area contributed by atoms with E-state index in [1.54, 1.807) is 20.8 Å². The van der Waals surface area contributed by atoms with E-state index in [1.165, 1.54) is 12.3 Å². The van der Waals surface area contributed by atoms with Crippen molar-refractivity contribution in [3.05, 3.63) is 58.3 Å². The molecule has 0 aliphatic carbocycles. The Kier molecular flexibility index (Phi) is 6.11. The Morgan fingerprint density at radius 2 is 1.92 bits per heavy atom. The van der Waals surface area contributed by atoms with Gasteiger partial charge in [-0.1, -0.05) is 30.3 Å². The minimum Gasteiger partial charge on any atom is -0.482 e. The second-order valence-electron chi connectivity index (χ2n) is 6.48. The van der Waals surface area contributed by atoms with Crippen LogP contribution < -0.4 is 10.1 Å². The van der Waals surface area contributed by atoms with Crippen molar-refractivity contribution in [2.24, 2.45) is 0 Å². The van der Waals surface area contributed by atoms with Gasteiger partial charge in [-0.3, -0.25) is 14.9 Å². The molecular weight excluding hydrogens is 338 g/mol. The van der Waals surface area contributed by atoms with Crippen LogP contribution in [0.5, 0.6) is 5.75 Å². The zero-order valence-corrected chi connectivity index (χ0v) is 14.9. The fourth-order valence-corrected chi connectivity index (χ4v) is 2.13. The lowest BCUT2D eigenvalue weighted by Gasteiger charge is -2.19. The maximum Gasteiger partial charge on any atom is 0.352 e. The number of rotatable bonds is 7. The van der Waals surface area contributed by atoms with Gasteiger partial charge in [-0.05, 0) is 26.3 Å². The Hall–Kier alpha value is -3.16. The summed E-state index contributed by atoms with van der Waals surface area (Å²) >= 11 is 0. The lowest BCUT2D eigenvalue weighted by Crippen LogP contribution is -2.28. The number of anilines is 1. The van der Waals surface area contributed by atoms with Crippen LogP contribution in [0, 0.1) is 10.1 Å². The van der Waals surface area contributed by atoms with Gasteiger partial charge in [-0.15, -0.1) is 0 Å². The fraction of sp³-hybridized carbons (Fsp3) is 0.333. The van der Waals surface area contributed by atoms with Crippen molar-refractivity contribution in [3.8, 4) is 5.75 Å². The highest BCUT2D eigenvalue weighted by Crippen LogP contribution is 2.33. The quantitative estimate of drug-likeness (QED) is 0.459. The largest absolute Gasteiger partial charge is 0.482 e. The van der Waals surface area contributed by atoms with E-state index in [1.807, 2.05) is 30.3 Å². The van der Waals surface area contributed by atoms with Gasteiger partial charge < -0.3 is 14.8 Å².